The number of nitrogens with two attached hydrogens (primary N) is 1. The summed E-state index contributed by atoms with van der Waals surface area (Å²) >= 11 is 12.1. The van der Waals surface area contributed by atoms with Crippen LogP contribution in [0.25, 0.3) is 11.3 Å². The van der Waals surface area contributed by atoms with E-state index in [9.17, 15) is 9.59 Å². The van der Waals surface area contributed by atoms with E-state index in [0.717, 1.165) is 12.8 Å². The van der Waals surface area contributed by atoms with E-state index in [1.807, 2.05) is 0 Å². The van der Waals surface area contributed by atoms with Crippen molar-refractivity contribution in [3.05, 3.63) is 39.5 Å². The van der Waals surface area contributed by atoms with Gasteiger partial charge >= 0.3 is 6.03 Å². The molecule has 3 N–H and O–H groups in total. The lowest BCUT2D eigenvalue weighted by Gasteiger charge is -2.38. The molecule has 2 heterocycles. The molecule has 29 heavy (non-hydrogen) atoms. The van der Waals surface area contributed by atoms with Crippen LogP contribution in [0.15, 0.2) is 18.2 Å². The molecular formula is C20H21Cl2N5O2. The van der Waals surface area contributed by atoms with Crippen LogP contribution in [0.1, 0.15) is 41.7 Å². The fourth-order valence-electron chi connectivity index (χ4n) is 4.53. The summed E-state index contributed by atoms with van der Waals surface area (Å²) in [6.07, 6.45) is 4.75. The van der Waals surface area contributed by atoms with Gasteiger partial charge in [-0.3, -0.25) is 9.48 Å². The number of hydrogen-bond donors (Lipinski definition) is 2. The first kappa shape index (κ1) is 18.8. The predicted molar refractivity (Wildman–Crippen MR) is 110 cm³/mol. The van der Waals surface area contributed by atoms with Crippen molar-refractivity contribution in [2.24, 2.45) is 11.1 Å². The van der Waals surface area contributed by atoms with Gasteiger partial charge in [-0.1, -0.05) is 29.3 Å². The normalized spacial score (nSPS) is 19.6. The van der Waals surface area contributed by atoms with E-state index in [0.29, 0.717) is 51.1 Å². The van der Waals surface area contributed by atoms with Crippen molar-refractivity contribution in [3.8, 4) is 11.3 Å². The van der Waals surface area contributed by atoms with Crippen molar-refractivity contribution in [2.75, 3.05) is 6.54 Å². The number of urea groups is 1. The number of halogens is 2. The van der Waals surface area contributed by atoms with Crippen molar-refractivity contribution in [2.45, 2.75) is 44.8 Å². The van der Waals surface area contributed by atoms with Crippen LogP contribution >= 0.6 is 23.2 Å². The van der Waals surface area contributed by atoms with Gasteiger partial charge in [-0.15, -0.1) is 0 Å². The monoisotopic (exact) mass is 433 g/mol. The second-order valence-corrected chi connectivity index (χ2v) is 9.18. The number of rotatable bonds is 3. The molecule has 2 saturated carbocycles. The van der Waals surface area contributed by atoms with Crippen LogP contribution in [-0.2, 0) is 13.1 Å². The highest BCUT2D eigenvalue weighted by molar-refractivity contribution is 6.42. The predicted octanol–water partition coefficient (Wildman–Crippen LogP) is 3.42. The molecule has 3 aliphatic rings. The summed E-state index contributed by atoms with van der Waals surface area (Å²) in [5, 5.41) is 8.50. The summed E-state index contributed by atoms with van der Waals surface area (Å²) in [7, 11) is 0. The molecule has 1 aromatic heterocycles. The number of aromatic nitrogens is 2. The third-order valence-corrected chi connectivity index (χ3v) is 7.09. The molecule has 0 bridgehead atoms. The maximum Gasteiger partial charge on any atom is 0.318 e. The summed E-state index contributed by atoms with van der Waals surface area (Å²) in [5.74, 6) is -0.579. The Hall–Kier alpha value is -2.25. The fourth-order valence-corrected chi connectivity index (χ4v) is 4.83. The number of nitrogens with one attached hydrogen (secondary N) is 1. The molecule has 152 valence electrons. The first-order valence-electron chi connectivity index (χ1n) is 9.76. The van der Waals surface area contributed by atoms with Crippen molar-refractivity contribution in [3.63, 3.8) is 0 Å². The zero-order valence-electron chi connectivity index (χ0n) is 15.8. The number of carbonyl (C=O) groups is 2. The minimum atomic E-state index is -0.579. The lowest BCUT2D eigenvalue weighted by Crippen LogP contribution is -2.52. The number of amides is 3. The van der Waals surface area contributed by atoms with Crippen LogP contribution in [0, 0.1) is 5.41 Å². The molecule has 3 amide bonds. The van der Waals surface area contributed by atoms with Crippen LogP contribution < -0.4 is 11.1 Å². The molecule has 1 aliphatic heterocycles. The van der Waals surface area contributed by atoms with Crippen LogP contribution in [0.2, 0.25) is 10.0 Å². The Balaban J connectivity index is 1.39. The summed E-state index contributed by atoms with van der Waals surface area (Å²) in [6.45, 7) is 1.31. The van der Waals surface area contributed by atoms with E-state index in [-0.39, 0.29) is 18.6 Å². The SMILES string of the molecule is NC(=O)c1c(-c2ccc(Cl)c(Cl)c2)nn2c1CN(C(=O)NC1CC3(CC3)C1)CC2. The average molecular weight is 434 g/mol. The van der Waals surface area contributed by atoms with E-state index in [1.54, 1.807) is 27.8 Å². The van der Waals surface area contributed by atoms with Gasteiger partial charge < -0.3 is 16.0 Å². The number of primary amides is 1. The number of fused-ring (bicyclic) bond motifs is 1. The molecule has 2 aliphatic carbocycles. The minimum Gasteiger partial charge on any atom is -0.365 e. The first-order chi connectivity index (χ1) is 13.8. The van der Waals surface area contributed by atoms with Crippen molar-refractivity contribution in [1.82, 2.24) is 20.0 Å². The Labute approximate surface area is 178 Å². The van der Waals surface area contributed by atoms with Gasteiger partial charge in [-0.05, 0) is 43.2 Å². The van der Waals surface area contributed by atoms with Crippen LogP contribution in [0.3, 0.4) is 0 Å². The van der Waals surface area contributed by atoms with Gasteiger partial charge in [-0.2, -0.15) is 5.10 Å². The van der Waals surface area contributed by atoms with Crippen molar-refractivity contribution in [1.29, 1.82) is 0 Å². The van der Waals surface area contributed by atoms with Gasteiger partial charge in [0.2, 0.25) is 0 Å². The van der Waals surface area contributed by atoms with Crippen LogP contribution in [-0.4, -0.2) is 39.2 Å². The number of carbonyl (C=O) groups excluding carboxylic acids is 2. The average Bonchev–Trinajstić information content (AvgIpc) is 3.35. The summed E-state index contributed by atoms with van der Waals surface area (Å²) in [5.41, 5.74) is 8.31. The maximum atomic E-state index is 12.7. The molecule has 5 rings (SSSR count). The lowest BCUT2D eigenvalue weighted by atomic mass is 9.77. The van der Waals surface area contributed by atoms with E-state index in [2.05, 4.69) is 10.4 Å². The van der Waals surface area contributed by atoms with Gasteiger partial charge in [0, 0.05) is 18.2 Å². The number of benzene rings is 1. The lowest BCUT2D eigenvalue weighted by molar-refractivity contribution is 0.0996. The Bertz CT molecular complexity index is 1020. The Morgan fingerprint density at radius 3 is 2.59 bits per heavy atom. The summed E-state index contributed by atoms with van der Waals surface area (Å²) in [6, 6.07) is 5.25. The molecule has 0 atom stereocenters. The second kappa shape index (κ2) is 6.64. The third kappa shape index (κ3) is 3.26. The quantitative estimate of drug-likeness (QED) is 0.775. The molecule has 1 aromatic carbocycles. The minimum absolute atomic E-state index is 0.0931. The molecular weight excluding hydrogens is 413 g/mol. The molecule has 0 saturated heterocycles. The largest absolute Gasteiger partial charge is 0.365 e. The molecule has 2 fully saturated rings. The zero-order valence-corrected chi connectivity index (χ0v) is 17.3. The molecule has 7 nitrogen and oxygen atoms in total. The molecule has 1 spiro atoms. The Morgan fingerprint density at radius 2 is 1.93 bits per heavy atom. The summed E-state index contributed by atoms with van der Waals surface area (Å²) < 4.78 is 1.75. The van der Waals surface area contributed by atoms with Gasteiger partial charge in [0.05, 0.1) is 34.4 Å². The van der Waals surface area contributed by atoms with E-state index in [1.165, 1.54) is 12.8 Å². The highest BCUT2D eigenvalue weighted by Crippen LogP contribution is 2.60. The maximum absolute atomic E-state index is 12.7. The van der Waals surface area contributed by atoms with Gasteiger partial charge in [0.25, 0.3) is 5.91 Å². The summed E-state index contributed by atoms with van der Waals surface area (Å²) in [4.78, 5) is 26.7. The third-order valence-electron chi connectivity index (χ3n) is 6.35. The van der Waals surface area contributed by atoms with Crippen LogP contribution in [0.4, 0.5) is 4.79 Å². The van der Waals surface area contributed by atoms with Gasteiger partial charge in [0.15, 0.2) is 0 Å². The highest BCUT2D eigenvalue weighted by atomic mass is 35.5. The fraction of sp³-hybridized carbons (Fsp3) is 0.450. The molecule has 0 radical (unpaired) electrons. The first-order valence-corrected chi connectivity index (χ1v) is 10.5. The molecule has 9 heteroatoms. The second-order valence-electron chi connectivity index (χ2n) is 8.36. The zero-order chi connectivity index (χ0) is 20.3. The van der Waals surface area contributed by atoms with E-state index in [4.69, 9.17) is 28.9 Å². The Kier molecular flexibility index (Phi) is 4.29. The van der Waals surface area contributed by atoms with Crippen molar-refractivity contribution < 1.29 is 9.59 Å². The topological polar surface area (TPSA) is 93.2 Å². The molecule has 0 unspecified atom stereocenters. The van der Waals surface area contributed by atoms with E-state index >= 15 is 0 Å². The van der Waals surface area contributed by atoms with Gasteiger partial charge in [-0.25, -0.2) is 4.79 Å². The van der Waals surface area contributed by atoms with Crippen LogP contribution in [0.5, 0.6) is 0 Å². The number of hydrogen-bond acceptors (Lipinski definition) is 3. The smallest absolute Gasteiger partial charge is 0.318 e. The standard InChI is InChI=1S/C20H21Cl2N5O2/c21-13-2-1-11(7-14(13)22)17-16(18(23)28)15-10-26(5-6-27(15)25-17)19(29)24-12-8-20(9-12)3-4-20/h1-2,7,12H,3-6,8-10H2,(H2,23,28)(H,24,29). The van der Waals surface area contributed by atoms with Crippen molar-refractivity contribution >= 4 is 35.1 Å². The molecule has 2 aromatic rings. The Morgan fingerprint density at radius 1 is 1.17 bits per heavy atom. The van der Waals surface area contributed by atoms with Gasteiger partial charge in [0.1, 0.15) is 5.69 Å². The highest BCUT2D eigenvalue weighted by Gasteiger charge is 2.53. The number of nitrogens with zero attached hydrogens (tertiary/aromatic N) is 3. The van der Waals surface area contributed by atoms with E-state index < -0.39 is 5.91 Å².